The summed E-state index contributed by atoms with van der Waals surface area (Å²) < 4.78 is 21.5. The lowest BCUT2D eigenvalue weighted by Crippen LogP contribution is -2.51. The molecule has 2 aromatic carbocycles. The molecule has 2 aliphatic rings. The number of hydrogen-bond donors (Lipinski definition) is 1. The number of hydrogen-bond acceptors (Lipinski definition) is 4. The van der Waals surface area contributed by atoms with Gasteiger partial charge in [-0.3, -0.25) is 4.79 Å². The molecule has 3 heterocycles. The van der Waals surface area contributed by atoms with Crippen LogP contribution >= 0.6 is 0 Å². The van der Waals surface area contributed by atoms with Crippen molar-refractivity contribution in [3.8, 4) is 11.4 Å². The van der Waals surface area contributed by atoms with Crippen LogP contribution in [0.2, 0.25) is 0 Å². The third kappa shape index (κ3) is 3.93. The van der Waals surface area contributed by atoms with E-state index in [2.05, 4.69) is 22.4 Å². The highest BCUT2D eigenvalue weighted by Gasteiger charge is 2.43. The lowest BCUT2D eigenvalue weighted by Gasteiger charge is -2.46. The van der Waals surface area contributed by atoms with E-state index < -0.39 is 0 Å². The van der Waals surface area contributed by atoms with Crippen molar-refractivity contribution in [3.63, 3.8) is 0 Å². The Labute approximate surface area is 180 Å². The maximum atomic E-state index is 13.5. The highest BCUT2D eigenvalue weighted by Crippen LogP contribution is 2.44. The van der Waals surface area contributed by atoms with Gasteiger partial charge in [0.2, 0.25) is 0 Å². The molecule has 0 unspecified atom stereocenters. The van der Waals surface area contributed by atoms with Crippen LogP contribution < -0.4 is 10.1 Å². The van der Waals surface area contributed by atoms with Crippen LogP contribution in [0.25, 0.3) is 5.69 Å². The zero-order valence-electron chi connectivity index (χ0n) is 17.4. The Bertz CT molecular complexity index is 1100. The largest absolute Gasteiger partial charge is 0.487 e. The average molecular weight is 420 g/mol. The molecule has 160 valence electrons. The van der Waals surface area contributed by atoms with E-state index in [0.29, 0.717) is 11.4 Å². The zero-order chi connectivity index (χ0) is 21.4. The van der Waals surface area contributed by atoms with E-state index in [-0.39, 0.29) is 23.4 Å². The summed E-state index contributed by atoms with van der Waals surface area (Å²) in [6, 6.07) is 15.5. The Hall–Kier alpha value is -3.19. The number of aromatic nitrogens is 2. The van der Waals surface area contributed by atoms with Gasteiger partial charge in [0.1, 0.15) is 17.2 Å². The number of amides is 1. The SMILES string of the molecule is CN1CCC2(CC1)C[C@@H](NC(=O)c1ccn(-c3cccc(F)c3)n1)c1ccccc1O2. The smallest absolute Gasteiger partial charge is 0.272 e. The van der Waals surface area contributed by atoms with Crippen LogP contribution in [-0.4, -0.2) is 46.3 Å². The van der Waals surface area contributed by atoms with Crippen LogP contribution in [0.4, 0.5) is 4.39 Å². The fourth-order valence-electron chi connectivity index (χ4n) is 4.52. The summed E-state index contributed by atoms with van der Waals surface area (Å²) in [7, 11) is 2.12. The van der Waals surface area contributed by atoms with Crippen LogP contribution in [0.15, 0.2) is 60.8 Å². The molecule has 1 saturated heterocycles. The number of benzene rings is 2. The molecule has 1 fully saturated rings. The molecular weight excluding hydrogens is 395 g/mol. The lowest BCUT2D eigenvalue weighted by molar-refractivity contribution is -0.0196. The fraction of sp³-hybridized carbons (Fsp3) is 0.333. The quantitative estimate of drug-likeness (QED) is 0.702. The minimum absolute atomic E-state index is 0.153. The molecule has 1 aromatic heterocycles. The minimum Gasteiger partial charge on any atom is -0.487 e. The molecule has 1 atom stereocenters. The van der Waals surface area contributed by atoms with Gasteiger partial charge in [-0.25, -0.2) is 9.07 Å². The second-order valence-corrected chi connectivity index (χ2v) is 8.48. The van der Waals surface area contributed by atoms with Crippen LogP contribution in [-0.2, 0) is 0 Å². The van der Waals surface area contributed by atoms with Gasteiger partial charge < -0.3 is 15.0 Å². The number of carbonyl (C=O) groups excluding carboxylic acids is 1. The molecule has 31 heavy (non-hydrogen) atoms. The van der Waals surface area contributed by atoms with E-state index in [4.69, 9.17) is 4.74 Å². The van der Waals surface area contributed by atoms with Gasteiger partial charge in [-0.05, 0) is 50.2 Å². The van der Waals surface area contributed by atoms with E-state index in [1.165, 1.54) is 16.8 Å². The van der Waals surface area contributed by atoms with E-state index in [1.807, 2.05) is 24.3 Å². The molecule has 1 spiro atoms. The van der Waals surface area contributed by atoms with Crippen LogP contribution in [0.3, 0.4) is 0 Å². The van der Waals surface area contributed by atoms with E-state index in [9.17, 15) is 9.18 Å². The highest BCUT2D eigenvalue weighted by molar-refractivity contribution is 5.92. The first-order valence-electron chi connectivity index (χ1n) is 10.6. The zero-order valence-corrected chi connectivity index (χ0v) is 17.4. The molecule has 0 saturated carbocycles. The second-order valence-electron chi connectivity index (χ2n) is 8.48. The van der Waals surface area contributed by atoms with Crippen molar-refractivity contribution >= 4 is 5.91 Å². The molecule has 1 amide bonds. The number of nitrogens with zero attached hydrogens (tertiary/aromatic N) is 3. The Morgan fingerprint density at radius 3 is 2.77 bits per heavy atom. The Kier molecular flexibility index (Phi) is 4.98. The number of para-hydroxylation sites is 1. The average Bonchev–Trinajstić information content (AvgIpc) is 3.27. The molecule has 0 radical (unpaired) electrons. The summed E-state index contributed by atoms with van der Waals surface area (Å²) in [6.07, 6.45) is 4.26. The summed E-state index contributed by atoms with van der Waals surface area (Å²) >= 11 is 0. The van der Waals surface area contributed by atoms with E-state index in [0.717, 1.165) is 43.7 Å². The van der Waals surface area contributed by atoms with Crippen molar-refractivity contribution < 1.29 is 13.9 Å². The predicted molar refractivity (Wildman–Crippen MR) is 115 cm³/mol. The molecule has 5 rings (SSSR count). The maximum absolute atomic E-state index is 13.5. The summed E-state index contributed by atoms with van der Waals surface area (Å²) in [4.78, 5) is 15.4. The van der Waals surface area contributed by atoms with Gasteiger partial charge in [0, 0.05) is 31.3 Å². The van der Waals surface area contributed by atoms with Crippen molar-refractivity contribution in [2.45, 2.75) is 30.9 Å². The van der Waals surface area contributed by atoms with Gasteiger partial charge in [0.25, 0.3) is 5.91 Å². The molecule has 2 aliphatic heterocycles. The number of rotatable bonds is 3. The van der Waals surface area contributed by atoms with Gasteiger partial charge >= 0.3 is 0 Å². The summed E-state index contributed by atoms with van der Waals surface area (Å²) in [5, 5.41) is 7.52. The number of halogens is 1. The van der Waals surface area contributed by atoms with Gasteiger partial charge in [-0.1, -0.05) is 24.3 Å². The predicted octanol–water partition coefficient (Wildman–Crippen LogP) is 3.73. The van der Waals surface area contributed by atoms with E-state index in [1.54, 1.807) is 24.4 Å². The molecule has 7 heteroatoms. The number of ether oxygens (including phenoxy) is 1. The van der Waals surface area contributed by atoms with Crippen LogP contribution in [0, 0.1) is 5.82 Å². The first-order valence-corrected chi connectivity index (χ1v) is 10.6. The topological polar surface area (TPSA) is 59.4 Å². The molecule has 3 aromatic rings. The third-order valence-corrected chi connectivity index (χ3v) is 6.30. The minimum atomic E-state index is -0.346. The first-order chi connectivity index (χ1) is 15.0. The lowest BCUT2D eigenvalue weighted by atomic mass is 9.80. The Balaban J connectivity index is 1.38. The van der Waals surface area contributed by atoms with Crippen molar-refractivity contribution in [1.29, 1.82) is 0 Å². The molecule has 0 aliphatic carbocycles. The Morgan fingerprint density at radius 2 is 1.97 bits per heavy atom. The number of piperidine rings is 1. The number of likely N-dealkylation sites (tertiary alicyclic amines) is 1. The number of nitrogens with one attached hydrogen (secondary N) is 1. The van der Waals surface area contributed by atoms with Gasteiger partial charge in [0.05, 0.1) is 11.7 Å². The van der Waals surface area contributed by atoms with E-state index >= 15 is 0 Å². The number of fused-ring (bicyclic) bond motifs is 1. The van der Waals surface area contributed by atoms with Gasteiger partial charge in [0.15, 0.2) is 5.69 Å². The summed E-state index contributed by atoms with van der Waals surface area (Å²) in [6.45, 7) is 1.95. The van der Waals surface area contributed by atoms with Crippen molar-refractivity contribution in [3.05, 3.63) is 77.9 Å². The molecular formula is C24H25FN4O2. The molecule has 0 bridgehead atoms. The molecule has 6 nitrogen and oxygen atoms in total. The fourth-order valence-corrected chi connectivity index (χ4v) is 4.52. The van der Waals surface area contributed by atoms with Crippen LogP contribution in [0.5, 0.6) is 5.75 Å². The third-order valence-electron chi connectivity index (χ3n) is 6.30. The van der Waals surface area contributed by atoms with Gasteiger partial charge in [-0.2, -0.15) is 5.10 Å². The normalized spacial score (nSPS) is 20.1. The monoisotopic (exact) mass is 420 g/mol. The summed E-state index contributed by atoms with van der Waals surface area (Å²) in [5.41, 5.74) is 1.59. The van der Waals surface area contributed by atoms with Crippen molar-refractivity contribution in [1.82, 2.24) is 20.0 Å². The van der Waals surface area contributed by atoms with Crippen molar-refractivity contribution in [2.24, 2.45) is 0 Å². The first kappa shape index (κ1) is 19.8. The Morgan fingerprint density at radius 1 is 1.16 bits per heavy atom. The second kappa shape index (κ2) is 7.81. The standard InChI is InChI=1S/C24H25FN4O2/c1-28-13-10-24(11-14-28)16-21(19-7-2-3-8-22(19)31-24)26-23(30)20-9-12-29(27-20)18-6-4-5-17(25)15-18/h2-9,12,15,21H,10-11,13-14,16H2,1H3,(H,26,30)/t21-/m1/s1. The van der Waals surface area contributed by atoms with Crippen LogP contribution in [0.1, 0.15) is 41.4 Å². The van der Waals surface area contributed by atoms with Gasteiger partial charge in [-0.15, -0.1) is 0 Å². The van der Waals surface area contributed by atoms with Crippen molar-refractivity contribution in [2.75, 3.05) is 20.1 Å². The number of carbonyl (C=O) groups is 1. The summed E-state index contributed by atoms with van der Waals surface area (Å²) in [5.74, 6) is 0.245. The molecule has 1 N–H and O–H groups in total. The highest BCUT2D eigenvalue weighted by atomic mass is 19.1. The maximum Gasteiger partial charge on any atom is 0.272 e.